The number of rotatable bonds is 9. The van der Waals surface area contributed by atoms with Crippen molar-refractivity contribution >= 4 is 11.9 Å². The van der Waals surface area contributed by atoms with Gasteiger partial charge in [0.25, 0.3) is 0 Å². The first-order chi connectivity index (χ1) is 8.02. The highest BCUT2D eigenvalue weighted by atomic mass is 16.4. The van der Waals surface area contributed by atoms with Crippen LogP contribution in [-0.4, -0.2) is 30.1 Å². The third-order valence-electron chi connectivity index (χ3n) is 3.26. The predicted molar refractivity (Wildman–Crippen MR) is 66.6 cm³/mol. The molecule has 1 amide bonds. The van der Waals surface area contributed by atoms with Crippen molar-refractivity contribution in [3.8, 4) is 0 Å². The monoisotopic (exact) mass is 244 g/mol. The van der Waals surface area contributed by atoms with Crippen LogP contribution in [0.15, 0.2) is 0 Å². The van der Waals surface area contributed by atoms with Gasteiger partial charge < -0.3 is 16.2 Å². The summed E-state index contributed by atoms with van der Waals surface area (Å²) in [6, 6.07) is 0. The van der Waals surface area contributed by atoms with Gasteiger partial charge in [0.2, 0.25) is 5.91 Å². The van der Waals surface area contributed by atoms with Gasteiger partial charge in [-0.1, -0.05) is 13.8 Å². The molecule has 0 aliphatic rings. The van der Waals surface area contributed by atoms with Gasteiger partial charge in [-0.15, -0.1) is 0 Å². The van der Waals surface area contributed by atoms with Crippen LogP contribution in [-0.2, 0) is 9.59 Å². The fourth-order valence-corrected chi connectivity index (χ4v) is 1.75. The number of hydrogen-bond donors (Lipinski definition) is 3. The van der Waals surface area contributed by atoms with Gasteiger partial charge >= 0.3 is 5.97 Å². The highest BCUT2D eigenvalue weighted by Gasteiger charge is 2.36. The molecule has 0 rings (SSSR count). The summed E-state index contributed by atoms with van der Waals surface area (Å²) in [6.07, 6.45) is 2.69. The number of nitrogens with one attached hydrogen (secondary N) is 1. The molecule has 4 N–H and O–H groups in total. The molecule has 0 unspecified atom stereocenters. The Balaban J connectivity index is 4.18. The summed E-state index contributed by atoms with van der Waals surface area (Å²) in [5, 5.41) is 11.9. The van der Waals surface area contributed by atoms with Crippen LogP contribution in [0.3, 0.4) is 0 Å². The second-order valence-electron chi connectivity index (χ2n) is 4.32. The first kappa shape index (κ1) is 15.9. The average molecular weight is 244 g/mol. The molecule has 0 heterocycles. The first-order valence-corrected chi connectivity index (χ1v) is 6.22. The Kier molecular flexibility index (Phi) is 7.54. The maximum absolute atomic E-state index is 11.6. The number of carboxylic acid groups (broad SMARTS) is 1. The molecular weight excluding hydrogens is 220 g/mol. The smallest absolute Gasteiger partial charge is 0.310 e. The molecule has 0 saturated carbocycles. The van der Waals surface area contributed by atoms with Crippen LogP contribution < -0.4 is 11.1 Å². The standard InChI is InChI=1S/C12H24N2O3/c1-3-12(4-2,11(16)17)9-10(15)14-8-6-5-7-13/h3-9,13H2,1-2H3,(H,14,15)(H,16,17). The van der Waals surface area contributed by atoms with E-state index in [4.69, 9.17) is 5.73 Å². The Bertz CT molecular complexity index is 250. The van der Waals surface area contributed by atoms with Crippen molar-refractivity contribution in [2.45, 2.75) is 46.0 Å². The van der Waals surface area contributed by atoms with Crippen LogP contribution in [0.1, 0.15) is 46.0 Å². The van der Waals surface area contributed by atoms with E-state index in [0.29, 0.717) is 25.9 Å². The van der Waals surface area contributed by atoms with E-state index in [9.17, 15) is 14.7 Å². The minimum atomic E-state index is -0.919. The van der Waals surface area contributed by atoms with Crippen molar-refractivity contribution in [2.24, 2.45) is 11.1 Å². The van der Waals surface area contributed by atoms with Crippen molar-refractivity contribution in [3.63, 3.8) is 0 Å². The summed E-state index contributed by atoms with van der Waals surface area (Å²) in [6.45, 7) is 4.79. The molecule has 5 heteroatoms. The van der Waals surface area contributed by atoms with Crippen LogP contribution >= 0.6 is 0 Å². The average Bonchev–Trinajstić information content (AvgIpc) is 2.31. The molecule has 5 nitrogen and oxygen atoms in total. The topological polar surface area (TPSA) is 92.4 Å². The van der Waals surface area contributed by atoms with E-state index in [1.165, 1.54) is 0 Å². The summed E-state index contributed by atoms with van der Waals surface area (Å²) in [7, 11) is 0. The van der Waals surface area contributed by atoms with Gasteiger partial charge in [-0.3, -0.25) is 9.59 Å². The molecule has 17 heavy (non-hydrogen) atoms. The Morgan fingerprint density at radius 3 is 2.24 bits per heavy atom. The molecule has 0 aliphatic heterocycles. The second-order valence-corrected chi connectivity index (χ2v) is 4.32. The number of amides is 1. The van der Waals surface area contributed by atoms with Crippen LogP contribution in [0.5, 0.6) is 0 Å². The lowest BCUT2D eigenvalue weighted by molar-refractivity contribution is -0.152. The lowest BCUT2D eigenvalue weighted by atomic mass is 9.79. The summed E-state index contributed by atoms with van der Waals surface area (Å²) >= 11 is 0. The van der Waals surface area contributed by atoms with Crippen molar-refractivity contribution in [2.75, 3.05) is 13.1 Å². The Morgan fingerprint density at radius 2 is 1.82 bits per heavy atom. The van der Waals surface area contributed by atoms with E-state index < -0.39 is 11.4 Å². The fourth-order valence-electron chi connectivity index (χ4n) is 1.75. The molecular formula is C12H24N2O3. The van der Waals surface area contributed by atoms with Crippen molar-refractivity contribution in [1.82, 2.24) is 5.32 Å². The summed E-state index contributed by atoms with van der Waals surface area (Å²) in [5.74, 6) is -1.08. The zero-order chi connectivity index (χ0) is 13.3. The highest BCUT2D eigenvalue weighted by molar-refractivity contribution is 5.84. The third kappa shape index (κ3) is 5.17. The Morgan fingerprint density at radius 1 is 1.24 bits per heavy atom. The second kappa shape index (κ2) is 8.06. The van der Waals surface area contributed by atoms with Gasteiger partial charge in [-0.2, -0.15) is 0 Å². The molecule has 0 aromatic carbocycles. The maximum atomic E-state index is 11.6. The van der Waals surface area contributed by atoms with Gasteiger partial charge in [0.1, 0.15) is 0 Å². The lowest BCUT2D eigenvalue weighted by Gasteiger charge is -2.25. The van der Waals surface area contributed by atoms with Crippen LogP contribution in [0.2, 0.25) is 0 Å². The van der Waals surface area contributed by atoms with Crippen molar-refractivity contribution < 1.29 is 14.7 Å². The summed E-state index contributed by atoms with van der Waals surface area (Å²) in [5.41, 5.74) is 4.42. The zero-order valence-corrected chi connectivity index (χ0v) is 10.8. The van der Waals surface area contributed by atoms with Gasteiger partial charge in [0, 0.05) is 13.0 Å². The highest BCUT2D eigenvalue weighted by Crippen LogP contribution is 2.30. The predicted octanol–water partition coefficient (Wildman–Crippen LogP) is 1.12. The molecule has 0 aromatic heterocycles. The van der Waals surface area contributed by atoms with E-state index in [2.05, 4.69) is 5.32 Å². The SMILES string of the molecule is CCC(CC)(CC(=O)NCCCCN)C(=O)O. The van der Waals surface area contributed by atoms with Crippen molar-refractivity contribution in [1.29, 1.82) is 0 Å². The fraction of sp³-hybridized carbons (Fsp3) is 0.833. The van der Waals surface area contributed by atoms with E-state index in [-0.39, 0.29) is 12.3 Å². The number of aliphatic carboxylic acids is 1. The van der Waals surface area contributed by atoms with Crippen LogP contribution in [0.25, 0.3) is 0 Å². The van der Waals surface area contributed by atoms with Gasteiger partial charge in [0.05, 0.1) is 5.41 Å². The number of carbonyl (C=O) groups is 2. The molecule has 0 spiro atoms. The van der Waals surface area contributed by atoms with Crippen molar-refractivity contribution in [3.05, 3.63) is 0 Å². The molecule has 0 aliphatic carbocycles. The number of unbranched alkanes of at least 4 members (excludes halogenated alkanes) is 1. The quantitative estimate of drug-likeness (QED) is 0.530. The van der Waals surface area contributed by atoms with Crippen LogP contribution in [0, 0.1) is 5.41 Å². The number of hydrogen-bond acceptors (Lipinski definition) is 3. The van der Waals surface area contributed by atoms with Gasteiger partial charge in [0.15, 0.2) is 0 Å². The van der Waals surface area contributed by atoms with Crippen LogP contribution in [0.4, 0.5) is 0 Å². The Labute approximate surface area is 103 Å². The summed E-state index contributed by atoms with van der Waals surface area (Å²) in [4.78, 5) is 22.8. The van der Waals surface area contributed by atoms with E-state index >= 15 is 0 Å². The molecule has 0 aromatic rings. The van der Waals surface area contributed by atoms with Gasteiger partial charge in [-0.05, 0) is 32.2 Å². The minimum Gasteiger partial charge on any atom is -0.481 e. The van der Waals surface area contributed by atoms with Gasteiger partial charge in [-0.25, -0.2) is 0 Å². The third-order valence-corrected chi connectivity index (χ3v) is 3.26. The first-order valence-electron chi connectivity index (χ1n) is 6.22. The zero-order valence-electron chi connectivity index (χ0n) is 10.8. The molecule has 100 valence electrons. The number of carboxylic acids is 1. The minimum absolute atomic E-state index is 0.0535. The normalized spacial score (nSPS) is 11.2. The van der Waals surface area contributed by atoms with E-state index in [1.807, 2.05) is 0 Å². The van der Waals surface area contributed by atoms with E-state index in [1.54, 1.807) is 13.8 Å². The largest absolute Gasteiger partial charge is 0.481 e. The number of nitrogens with two attached hydrogens (primary N) is 1. The Hall–Kier alpha value is -1.10. The molecule has 0 saturated heterocycles. The lowest BCUT2D eigenvalue weighted by Crippen LogP contribution is -2.37. The summed E-state index contributed by atoms with van der Waals surface area (Å²) < 4.78 is 0. The molecule has 0 atom stereocenters. The van der Waals surface area contributed by atoms with E-state index in [0.717, 1.165) is 12.8 Å². The maximum Gasteiger partial charge on any atom is 0.310 e. The molecule has 0 radical (unpaired) electrons. The molecule has 0 fully saturated rings. The molecule has 0 bridgehead atoms. The number of carbonyl (C=O) groups excluding carboxylic acids is 1.